The smallest absolute Gasteiger partial charge is 0.341 e. The van der Waals surface area contributed by atoms with Gasteiger partial charge in [-0.15, -0.1) is 0 Å². The van der Waals surface area contributed by atoms with E-state index >= 15 is 4.39 Å². The first-order valence-electron chi connectivity index (χ1n) is 15.2. The van der Waals surface area contributed by atoms with Crippen LogP contribution in [0.4, 0.5) is 27.4 Å². The normalized spacial score (nSPS) is 16.9. The summed E-state index contributed by atoms with van der Waals surface area (Å²) in [6, 6.07) is 10.0. The quantitative estimate of drug-likeness (QED) is 0.327. The molecule has 0 radical (unpaired) electrons. The number of aromatic carboxylic acids is 1. The molecule has 1 aliphatic carbocycles. The number of benzene rings is 1. The summed E-state index contributed by atoms with van der Waals surface area (Å²) in [4.78, 5) is 56.0. The highest BCUT2D eigenvalue weighted by Gasteiger charge is 2.42. The molecule has 7 rings (SSSR count). The van der Waals surface area contributed by atoms with Crippen molar-refractivity contribution in [2.24, 2.45) is 0 Å². The van der Waals surface area contributed by atoms with Crippen LogP contribution in [-0.2, 0) is 11.3 Å². The summed E-state index contributed by atoms with van der Waals surface area (Å²) in [5.41, 5.74) is 2.91. The Bertz CT molecular complexity index is 1870. The zero-order chi connectivity index (χ0) is 31.4. The Labute approximate surface area is 259 Å². The number of amides is 2. The van der Waals surface area contributed by atoms with E-state index in [2.05, 4.69) is 9.97 Å². The number of pyridine rings is 3. The Morgan fingerprint density at radius 2 is 1.80 bits per heavy atom. The Hall–Kier alpha value is -4.97. The van der Waals surface area contributed by atoms with E-state index in [1.165, 1.54) is 17.0 Å². The average molecular weight is 611 g/mol. The summed E-state index contributed by atoms with van der Waals surface area (Å²) in [6.07, 6.45) is 6.83. The lowest BCUT2D eigenvalue weighted by Crippen LogP contribution is -2.51. The van der Waals surface area contributed by atoms with Crippen LogP contribution in [0.1, 0.15) is 46.0 Å². The third-order valence-electron chi connectivity index (χ3n) is 8.84. The first-order valence-corrected chi connectivity index (χ1v) is 15.2. The zero-order valence-electron chi connectivity index (χ0n) is 25.1. The van der Waals surface area contributed by atoms with Gasteiger partial charge < -0.3 is 14.9 Å². The number of carboxylic acid groups (broad SMARTS) is 1. The van der Waals surface area contributed by atoms with Crippen LogP contribution in [0.3, 0.4) is 0 Å². The third kappa shape index (κ3) is 5.04. The molecule has 2 aliphatic heterocycles. The molecule has 4 aromatic rings. The highest BCUT2D eigenvalue weighted by molar-refractivity contribution is 6.26. The number of aryl methyl sites for hydroxylation is 2. The number of rotatable bonds is 6. The second kappa shape index (κ2) is 11.2. The average Bonchev–Trinajstić information content (AvgIpc) is 3.88. The molecular formula is C33H33FN7O4+. The maximum absolute atomic E-state index is 15.4. The van der Waals surface area contributed by atoms with Gasteiger partial charge in [0.1, 0.15) is 23.7 Å². The zero-order valence-corrected chi connectivity index (χ0v) is 25.1. The largest absolute Gasteiger partial charge is 0.477 e. The van der Waals surface area contributed by atoms with Gasteiger partial charge in [0.15, 0.2) is 12.0 Å². The second-order valence-electron chi connectivity index (χ2n) is 11.8. The number of hydrogen-bond donors (Lipinski definition) is 1. The molecule has 1 saturated carbocycles. The van der Waals surface area contributed by atoms with Gasteiger partial charge in [0, 0.05) is 50.7 Å². The third-order valence-corrected chi connectivity index (χ3v) is 8.84. The number of imide groups is 1. The van der Waals surface area contributed by atoms with Crippen molar-refractivity contribution in [1.29, 1.82) is 0 Å². The van der Waals surface area contributed by atoms with E-state index in [0.717, 1.165) is 23.9 Å². The van der Waals surface area contributed by atoms with Crippen LogP contribution in [0.25, 0.3) is 10.9 Å². The van der Waals surface area contributed by atoms with Gasteiger partial charge in [0.25, 0.3) is 5.91 Å². The second-order valence-corrected chi connectivity index (χ2v) is 11.8. The van der Waals surface area contributed by atoms with E-state index < -0.39 is 17.7 Å². The predicted octanol–water partition coefficient (Wildman–Crippen LogP) is 3.69. The summed E-state index contributed by atoms with van der Waals surface area (Å²) in [5.74, 6) is -1.18. The fraction of sp³-hybridized carbons (Fsp3) is 0.333. The molecule has 5 heterocycles. The summed E-state index contributed by atoms with van der Waals surface area (Å²) < 4.78 is 17.2. The Morgan fingerprint density at radius 3 is 2.51 bits per heavy atom. The lowest BCUT2D eigenvalue weighted by atomic mass is 10.1. The molecule has 2 fully saturated rings. The first-order chi connectivity index (χ1) is 21.7. The number of carbonyl (C=O) groups excluding carboxylic acids is 2. The van der Waals surface area contributed by atoms with E-state index in [0.29, 0.717) is 66.7 Å². The standard InChI is InChI=1S/C33H32FN7O4/c1-3-38-18-22(33(44)45)15-21-16-25(34)27(17-26(21)38)39-13-11-37(12-14-39)19-28(42)41-29-20(2)8-10-36-31(29)40(23-6-7-23)30-24(32(41)43)5-4-9-35-30/h4-5,8-10,15-18,23H,3,6-7,11-14,19H2,1-2H3/p+1. The van der Waals surface area contributed by atoms with Crippen LogP contribution < -0.4 is 19.3 Å². The van der Waals surface area contributed by atoms with Crippen molar-refractivity contribution >= 4 is 51.7 Å². The van der Waals surface area contributed by atoms with Gasteiger partial charge in [-0.2, -0.15) is 4.57 Å². The van der Waals surface area contributed by atoms with Gasteiger partial charge in [-0.25, -0.2) is 24.1 Å². The number of carboxylic acids is 1. The summed E-state index contributed by atoms with van der Waals surface area (Å²) in [5, 5.41) is 9.98. The summed E-state index contributed by atoms with van der Waals surface area (Å²) in [6.45, 7) is 6.26. The minimum atomic E-state index is -1.06. The minimum absolute atomic E-state index is 0.0143. The summed E-state index contributed by atoms with van der Waals surface area (Å²) >= 11 is 0. The van der Waals surface area contributed by atoms with E-state index in [4.69, 9.17) is 0 Å². The number of anilines is 4. The molecule has 0 spiro atoms. The number of halogens is 1. The minimum Gasteiger partial charge on any atom is -0.477 e. The Morgan fingerprint density at radius 1 is 1.04 bits per heavy atom. The van der Waals surface area contributed by atoms with Crippen molar-refractivity contribution in [3.05, 3.63) is 77.5 Å². The molecule has 45 heavy (non-hydrogen) atoms. The van der Waals surface area contributed by atoms with Gasteiger partial charge in [0.2, 0.25) is 11.4 Å². The van der Waals surface area contributed by atoms with E-state index in [9.17, 15) is 19.5 Å². The molecule has 11 nitrogen and oxygen atoms in total. The molecule has 1 saturated heterocycles. The van der Waals surface area contributed by atoms with Gasteiger partial charge in [-0.1, -0.05) is 0 Å². The maximum Gasteiger partial charge on any atom is 0.341 e. The number of nitrogens with zero attached hydrogens (tertiary/aromatic N) is 7. The van der Waals surface area contributed by atoms with Crippen molar-refractivity contribution in [3.8, 4) is 0 Å². The number of piperazine rings is 1. The highest BCUT2D eigenvalue weighted by Crippen LogP contribution is 2.45. The lowest BCUT2D eigenvalue weighted by Gasteiger charge is -2.36. The number of carbonyl (C=O) groups is 3. The summed E-state index contributed by atoms with van der Waals surface area (Å²) in [7, 11) is 0. The van der Waals surface area contributed by atoms with Gasteiger partial charge in [-0.3, -0.25) is 14.5 Å². The lowest BCUT2D eigenvalue weighted by molar-refractivity contribution is -0.667. The van der Waals surface area contributed by atoms with Crippen LogP contribution in [0.2, 0.25) is 0 Å². The molecule has 230 valence electrons. The first kappa shape index (κ1) is 28.8. The van der Waals surface area contributed by atoms with Crippen LogP contribution >= 0.6 is 0 Å². The molecule has 1 aromatic carbocycles. The van der Waals surface area contributed by atoms with Crippen molar-refractivity contribution in [1.82, 2.24) is 14.9 Å². The molecule has 3 aliphatic rings. The maximum atomic E-state index is 15.4. The van der Waals surface area contributed by atoms with Crippen LogP contribution in [0.5, 0.6) is 0 Å². The number of hydrogen-bond acceptors (Lipinski definition) is 8. The Balaban J connectivity index is 1.13. The topological polar surface area (TPSA) is 114 Å². The van der Waals surface area contributed by atoms with Crippen molar-refractivity contribution in [3.63, 3.8) is 0 Å². The SMILES string of the molecule is CC[n+]1cc(C(=O)O)cc2cc(F)c(N3CCN(CC(=O)N4C(=O)c5cccnc5N(C5CC5)c5nccc(C)c54)CC3)cc21. The monoisotopic (exact) mass is 610 g/mol. The predicted molar refractivity (Wildman–Crippen MR) is 166 cm³/mol. The molecule has 3 aromatic heterocycles. The van der Waals surface area contributed by atoms with Crippen molar-refractivity contribution in [2.75, 3.05) is 47.4 Å². The molecular weight excluding hydrogens is 577 g/mol. The molecule has 0 unspecified atom stereocenters. The number of fused-ring (bicyclic) bond motifs is 3. The molecule has 0 atom stereocenters. The van der Waals surface area contributed by atoms with Crippen molar-refractivity contribution < 1.29 is 28.4 Å². The van der Waals surface area contributed by atoms with Gasteiger partial charge >= 0.3 is 5.97 Å². The van der Waals surface area contributed by atoms with Crippen LogP contribution in [0, 0.1) is 12.7 Å². The van der Waals surface area contributed by atoms with E-state index in [1.54, 1.807) is 36.8 Å². The highest BCUT2D eigenvalue weighted by atomic mass is 19.1. The Kier molecular flexibility index (Phi) is 7.16. The van der Waals surface area contributed by atoms with E-state index in [1.807, 2.05) is 39.2 Å². The molecule has 1 N–H and O–H groups in total. The fourth-order valence-electron chi connectivity index (χ4n) is 6.39. The molecule has 0 bridgehead atoms. The van der Waals surface area contributed by atoms with E-state index in [-0.39, 0.29) is 24.1 Å². The molecule has 2 amide bonds. The fourth-order valence-corrected chi connectivity index (χ4v) is 6.39. The van der Waals surface area contributed by atoms with Crippen LogP contribution in [-0.4, -0.2) is 76.5 Å². The van der Waals surface area contributed by atoms with Crippen molar-refractivity contribution in [2.45, 2.75) is 39.3 Å². The molecule has 12 heteroatoms. The van der Waals surface area contributed by atoms with Gasteiger partial charge in [-0.05, 0) is 62.6 Å². The number of aromatic nitrogens is 3. The van der Waals surface area contributed by atoms with Crippen LogP contribution in [0.15, 0.2) is 55.0 Å². The van der Waals surface area contributed by atoms with Gasteiger partial charge in [0.05, 0.1) is 28.9 Å².